The fraction of sp³-hybridized carbons (Fsp3) is 0.250. The third kappa shape index (κ3) is 4.27. The van der Waals surface area contributed by atoms with Crippen LogP contribution in [0.1, 0.15) is 35.3 Å². The Hall–Kier alpha value is -3.15. The molecule has 0 bridgehead atoms. The van der Waals surface area contributed by atoms with Gasteiger partial charge in [-0.15, -0.1) is 5.10 Å². The Balaban J connectivity index is 1.71. The van der Waals surface area contributed by atoms with E-state index in [9.17, 15) is 4.79 Å². The molecule has 1 heterocycles. The first-order chi connectivity index (χ1) is 12.4. The van der Waals surface area contributed by atoms with Crippen LogP contribution in [0.5, 0.6) is 5.75 Å². The lowest BCUT2D eigenvalue weighted by Gasteiger charge is -2.09. The topological polar surface area (TPSA) is 77.2 Å². The van der Waals surface area contributed by atoms with E-state index in [1.807, 2.05) is 39.8 Å². The molecule has 0 atom stereocenters. The molecule has 3 aromatic rings. The average molecular weight is 351 g/mol. The summed E-state index contributed by atoms with van der Waals surface area (Å²) < 4.78 is 11.1. The molecule has 1 N–H and O–H groups in total. The van der Waals surface area contributed by atoms with Gasteiger partial charge in [0.05, 0.1) is 6.10 Å². The Bertz CT molecular complexity index is 894. The minimum Gasteiger partial charge on any atom is -0.491 e. The third-order valence-corrected chi connectivity index (χ3v) is 3.60. The number of aromatic nitrogens is 2. The van der Waals surface area contributed by atoms with Crippen LogP contribution in [0.25, 0.3) is 11.5 Å². The van der Waals surface area contributed by atoms with Crippen LogP contribution in [-0.4, -0.2) is 22.2 Å². The van der Waals surface area contributed by atoms with Gasteiger partial charge in [0.15, 0.2) is 0 Å². The van der Waals surface area contributed by atoms with E-state index < -0.39 is 0 Å². The number of rotatable bonds is 5. The second-order valence-electron chi connectivity index (χ2n) is 6.43. The molecule has 6 nitrogen and oxygen atoms in total. The second-order valence-corrected chi connectivity index (χ2v) is 6.43. The van der Waals surface area contributed by atoms with Crippen LogP contribution >= 0.6 is 0 Å². The predicted octanol–water partition coefficient (Wildman–Crippen LogP) is 4.39. The molecule has 26 heavy (non-hydrogen) atoms. The fourth-order valence-corrected chi connectivity index (χ4v) is 2.61. The van der Waals surface area contributed by atoms with Crippen LogP contribution < -0.4 is 10.1 Å². The molecule has 134 valence electrons. The van der Waals surface area contributed by atoms with E-state index in [-0.39, 0.29) is 18.0 Å². The molecule has 6 heteroatoms. The highest BCUT2D eigenvalue weighted by Crippen LogP contribution is 2.23. The van der Waals surface area contributed by atoms with Crippen molar-refractivity contribution in [2.75, 3.05) is 5.32 Å². The quantitative estimate of drug-likeness (QED) is 0.737. The zero-order chi connectivity index (χ0) is 18.7. The highest BCUT2D eigenvalue weighted by molar-refractivity contribution is 6.03. The normalized spacial score (nSPS) is 10.8. The Morgan fingerprint density at radius 2 is 1.69 bits per heavy atom. The third-order valence-electron chi connectivity index (χ3n) is 3.60. The van der Waals surface area contributed by atoms with Crippen molar-refractivity contribution in [3.63, 3.8) is 0 Å². The summed E-state index contributed by atoms with van der Waals surface area (Å²) in [5, 5.41) is 10.5. The minimum absolute atomic E-state index is 0.0617. The largest absolute Gasteiger partial charge is 0.491 e. The monoisotopic (exact) mass is 351 g/mol. The summed E-state index contributed by atoms with van der Waals surface area (Å²) >= 11 is 0. The molecule has 0 aliphatic rings. The van der Waals surface area contributed by atoms with Crippen molar-refractivity contribution in [1.82, 2.24) is 10.2 Å². The van der Waals surface area contributed by atoms with E-state index >= 15 is 0 Å². The van der Waals surface area contributed by atoms with Crippen molar-refractivity contribution >= 4 is 11.9 Å². The summed E-state index contributed by atoms with van der Waals surface area (Å²) in [6.45, 7) is 7.90. The molecule has 0 unspecified atom stereocenters. The number of aryl methyl sites for hydroxylation is 2. The van der Waals surface area contributed by atoms with Crippen LogP contribution in [0, 0.1) is 13.8 Å². The van der Waals surface area contributed by atoms with Crippen molar-refractivity contribution in [2.45, 2.75) is 33.8 Å². The zero-order valence-corrected chi connectivity index (χ0v) is 15.2. The molecular formula is C20H21N3O3. The summed E-state index contributed by atoms with van der Waals surface area (Å²) in [7, 11) is 0. The molecule has 3 rings (SSSR count). The van der Waals surface area contributed by atoms with Crippen LogP contribution in [0.15, 0.2) is 46.9 Å². The molecule has 0 spiro atoms. The van der Waals surface area contributed by atoms with Crippen LogP contribution in [0.3, 0.4) is 0 Å². The molecule has 0 saturated heterocycles. The summed E-state index contributed by atoms with van der Waals surface area (Å²) in [6, 6.07) is 12.9. The first-order valence-corrected chi connectivity index (χ1v) is 8.41. The minimum atomic E-state index is -0.322. The number of hydrogen-bond donors (Lipinski definition) is 1. The summed E-state index contributed by atoms with van der Waals surface area (Å²) in [4.78, 5) is 12.3. The predicted molar refractivity (Wildman–Crippen MR) is 99.4 cm³/mol. The Kier molecular flexibility index (Phi) is 5.02. The van der Waals surface area contributed by atoms with E-state index in [1.54, 1.807) is 24.3 Å². The summed E-state index contributed by atoms with van der Waals surface area (Å²) in [5.41, 5.74) is 3.51. The average Bonchev–Trinajstić information content (AvgIpc) is 3.02. The number of nitrogens with one attached hydrogen (secondary N) is 1. The molecular weight excluding hydrogens is 330 g/mol. The Morgan fingerprint density at radius 1 is 1.04 bits per heavy atom. The van der Waals surface area contributed by atoms with E-state index in [4.69, 9.17) is 9.15 Å². The lowest BCUT2D eigenvalue weighted by Crippen LogP contribution is -2.12. The maximum Gasteiger partial charge on any atom is 0.322 e. The van der Waals surface area contributed by atoms with Gasteiger partial charge in [0, 0.05) is 11.1 Å². The molecule has 0 aliphatic heterocycles. The Labute approximate surface area is 152 Å². The van der Waals surface area contributed by atoms with Gasteiger partial charge in [-0.1, -0.05) is 22.3 Å². The number of carbonyl (C=O) groups excluding carboxylic acids is 1. The number of ether oxygens (including phenoxy) is 1. The van der Waals surface area contributed by atoms with Gasteiger partial charge in [0.2, 0.25) is 5.89 Å². The van der Waals surface area contributed by atoms with Crippen LogP contribution in [0.2, 0.25) is 0 Å². The molecule has 0 saturated carbocycles. The standard InChI is InChI=1S/C20H21N3O3/c1-12(2)25-17-7-5-15(6-8-17)18(24)21-20-23-22-19(26-20)16-10-13(3)9-14(4)11-16/h5-12H,1-4H3,(H,21,23,24). The molecule has 0 aliphatic carbocycles. The van der Waals surface area contributed by atoms with E-state index in [2.05, 4.69) is 21.6 Å². The maximum absolute atomic E-state index is 12.3. The van der Waals surface area contributed by atoms with Crippen molar-refractivity contribution in [2.24, 2.45) is 0 Å². The van der Waals surface area contributed by atoms with Gasteiger partial charge >= 0.3 is 6.01 Å². The zero-order valence-electron chi connectivity index (χ0n) is 15.2. The summed E-state index contributed by atoms with van der Waals surface area (Å²) in [6.07, 6.45) is 0.0803. The first-order valence-electron chi connectivity index (χ1n) is 8.41. The SMILES string of the molecule is Cc1cc(C)cc(-c2nnc(NC(=O)c3ccc(OC(C)C)cc3)o2)c1. The van der Waals surface area contributed by atoms with Crippen molar-refractivity contribution in [3.05, 3.63) is 59.2 Å². The number of hydrogen-bond acceptors (Lipinski definition) is 5. The number of nitrogens with zero attached hydrogens (tertiary/aromatic N) is 2. The van der Waals surface area contributed by atoms with Gasteiger partial charge in [-0.05, 0) is 64.1 Å². The number of carbonyl (C=O) groups is 1. The molecule has 1 amide bonds. The highest BCUT2D eigenvalue weighted by atomic mass is 16.5. The number of benzene rings is 2. The van der Waals surface area contributed by atoms with E-state index in [0.29, 0.717) is 17.2 Å². The van der Waals surface area contributed by atoms with Gasteiger partial charge < -0.3 is 9.15 Å². The number of amides is 1. The van der Waals surface area contributed by atoms with Gasteiger partial charge in [-0.3, -0.25) is 10.1 Å². The molecule has 0 radical (unpaired) electrons. The van der Waals surface area contributed by atoms with Crippen molar-refractivity contribution < 1.29 is 13.9 Å². The fourth-order valence-electron chi connectivity index (χ4n) is 2.61. The second kappa shape index (κ2) is 7.39. The highest BCUT2D eigenvalue weighted by Gasteiger charge is 2.13. The van der Waals surface area contributed by atoms with Gasteiger partial charge in [-0.25, -0.2) is 0 Å². The molecule has 0 fully saturated rings. The van der Waals surface area contributed by atoms with Gasteiger partial charge in [0.1, 0.15) is 5.75 Å². The Morgan fingerprint density at radius 3 is 2.31 bits per heavy atom. The van der Waals surface area contributed by atoms with Crippen LogP contribution in [-0.2, 0) is 0 Å². The lowest BCUT2D eigenvalue weighted by molar-refractivity contribution is 0.102. The van der Waals surface area contributed by atoms with Crippen LogP contribution in [0.4, 0.5) is 6.01 Å². The first kappa shape index (κ1) is 17.7. The van der Waals surface area contributed by atoms with Gasteiger partial charge in [-0.2, -0.15) is 0 Å². The molecule has 1 aromatic heterocycles. The number of anilines is 1. The summed E-state index contributed by atoms with van der Waals surface area (Å²) in [5.74, 6) is 0.760. The van der Waals surface area contributed by atoms with Crippen molar-refractivity contribution in [1.29, 1.82) is 0 Å². The maximum atomic E-state index is 12.3. The van der Waals surface area contributed by atoms with E-state index in [0.717, 1.165) is 16.7 Å². The van der Waals surface area contributed by atoms with Crippen molar-refractivity contribution in [3.8, 4) is 17.2 Å². The van der Waals surface area contributed by atoms with Gasteiger partial charge in [0.25, 0.3) is 5.91 Å². The smallest absolute Gasteiger partial charge is 0.322 e. The molecule has 2 aromatic carbocycles. The van der Waals surface area contributed by atoms with E-state index in [1.165, 1.54) is 0 Å². The lowest BCUT2D eigenvalue weighted by atomic mass is 10.1.